The third-order valence-corrected chi connectivity index (χ3v) is 3.61. The van der Waals surface area contributed by atoms with E-state index >= 15 is 0 Å². The number of hydrogen-bond donors (Lipinski definition) is 1. The third-order valence-electron chi connectivity index (χ3n) is 3.61. The second-order valence-corrected chi connectivity index (χ2v) is 4.99. The van der Waals surface area contributed by atoms with Crippen LogP contribution in [0.4, 0.5) is 0 Å². The molecule has 112 valence electrons. The highest BCUT2D eigenvalue weighted by Crippen LogP contribution is 2.34. The van der Waals surface area contributed by atoms with Crippen LogP contribution in [0.15, 0.2) is 47.6 Å². The topological polar surface area (TPSA) is 68.1 Å². The van der Waals surface area contributed by atoms with Crippen LogP contribution in [0.5, 0.6) is 11.5 Å². The Morgan fingerprint density at radius 1 is 1.18 bits per heavy atom. The summed E-state index contributed by atoms with van der Waals surface area (Å²) in [6.45, 7) is 0.408. The molecule has 0 amide bonds. The van der Waals surface area contributed by atoms with Crippen molar-refractivity contribution in [1.82, 2.24) is 0 Å². The van der Waals surface area contributed by atoms with Gasteiger partial charge >= 0.3 is 0 Å². The number of methoxy groups -OCH3 is 1. The largest absolute Gasteiger partial charge is 0.493 e. The molecular weight excluding hydrogens is 282 g/mol. The Kier molecular flexibility index (Phi) is 3.78. The van der Waals surface area contributed by atoms with E-state index in [1.165, 1.54) is 7.11 Å². The van der Waals surface area contributed by atoms with E-state index in [-0.39, 0.29) is 11.5 Å². The number of nitrogens with zero attached hydrogens (tertiary/aromatic N) is 1. The number of carbonyl (C=O) groups excluding carboxylic acids is 1. The van der Waals surface area contributed by atoms with Crippen LogP contribution in [0.2, 0.25) is 0 Å². The first-order valence-electron chi connectivity index (χ1n) is 6.86. The fraction of sp³-hybridized carbons (Fsp3) is 0.176. The Balaban J connectivity index is 1.88. The summed E-state index contributed by atoms with van der Waals surface area (Å²) >= 11 is 0. The van der Waals surface area contributed by atoms with Crippen molar-refractivity contribution in [3.63, 3.8) is 0 Å². The molecule has 0 atom stereocenters. The van der Waals surface area contributed by atoms with Crippen molar-refractivity contribution in [1.29, 1.82) is 0 Å². The summed E-state index contributed by atoms with van der Waals surface area (Å²) in [5, 5.41) is 11.9. The van der Waals surface area contributed by atoms with Crippen molar-refractivity contribution in [2.24, 2.45) is 5.16 Å². The molecule has 0 saturated carbocycles. The molecule has 5 heteroatoms. The number of benzene rings is 2. The summed E-state index contributed by atoms with van der Waals surface area (Å²) in [5.41, 5.74) is 2.45. The number of oxime groups is 1. The van der Waals surface area contributed by atoms with E-state index < -0.39 is 0 Å². The Hall–Kier alpha value is -2.82. The lowest BCUT2D eigenvalue weighted by Crippen LogP contribution is -2.07. The van der Waals surface area contributed by atoms with Crippen LogP contribution < -0.4 is 9.47 Å². The van der Waals surface area contributed by atoms with Gasteiger partial charge < -0.3 is 14.7 Å². The van der Waals surface area contributed by atoms with E-state index in [1.54, 1.807) is 12.1 Å². The van der Waals surface area contributed by atoms with Crippen molar-refractivity contribution in [3.05, 3.63) is 59.2 Å². The molecule has 0 bridgehead atoms. The zero-order valence-corrected chi connectivity index (χ0v) is 12.1. The van der Waals surface area contributed by atoms with E-state index in [4.69, 9.17) is 14.7 Å². The van der Waals surface area contributed by atoms with Crippen molar-refractivity contribution in [3.8, 4) is 11.5 Å². The Morgan fingerprint density at radius 2 is 1.95 bits per heavy atom. The first-order chi connectivity index (χ1) is 10.7. The highest BCUT2D eigenvalue weighted by Gasteiger charge is 2.29. The highest BCUT2D eigenvalue weighted by atomic mass is 16.5. The number of rotatable bonds is 4. The summed E-state index contributed by atoms with van der Waals surface area (Å²) in [4.78, 5) is 12.0. The van der Waals surface area contributed by atoms with E-state index in [9.17, 15) is 4.79 Å². The Morgan fingerprint density at radius 3 is 2.64 bits per heavy atom. The van der Waals surface area contributed by atoms with E-state index in [2.05, 4.69) is 5.16 Å². The minimum Gasteiger partial charge on any atom is -0.493 e. The number of carbonyl (C=O) groups is 1. The number of ether oxygens (including phenoxy) is 2. The van der Waals surface area contributed by atoms with Crippen LogP contribution >= 0.6 is 0 Å². The van der Waals surface area contributed by atoms with Gasteiger partial charge in [0.25, 0.3) is 0 Å². The van der Waals surface area contributed by atoms with Crippen LogP contribution in [0.1, 0.15) is 21.5 Å². The molecule has 1 aliphatic rings. The van der Waals surface area contributed by atoms with Crippen LogP contribution in [-0.2, 0) is 13.0 Å². The van der Waals surface area contributed by atoms with Gasteiger partial charge in [-0.25, -0.2) is 0 Å². The fourth-order valence-corrected chi connectivity index (χ4v) is 2.46. The monoisotopic (exact) mass is 297 g/mol. The van der Waals surface area contributed by atoms with Gasteiger partial charge in [-0.2, -0.15) is 0 Å². The Bertz CT molecular complexity index is 738. The third kappa shape index (κ3) is 2.53. The number of hydrogen-bond acceptors (Lipinski definition) is 5. The van der Waals surface area contributed by atoms with E-state index in [0.717, 1.165) is 11.1 Å². The van der Waals surface area contributed by atoms with Gasteiger partial charge in [0, 0.05) is 12.0 Å². The lowest BCUT2D eigenvalue weighted by Gasteiger charge is -2.12. The molecule has 0 aromatic heterocycles. The van der Waals surface area contributed by atoms with Gasteiger partial charge in [0.05, 0.1) is 7.11 Å². The quantitative estimate of drug-likeness (QED) is 0.696. The van der Waals surface area contributed by atoms with Gasteiger partial charge in [0.2, 0.25) is 5.78 Å². The molecule has 1 N–H and O–H groups in total. The molecule has 2 aromatic rings. The maximum Gasteiger partial charge on any atom is 0.211 e. The molecule has 0 aliphatic heterocycles. The van der Waals surface area contributed by atoms with E-state index in [0.29, 0.717) is 30.1 Å². The van der Waals surface area contributed by atoms with Crippen molar-refractivity contribution in [2.75, 3.05) is 7.11 Å². The molecule has 0 unspecified atom stereocenters. The maximum atomic E-state index is 12.0. The van der Waals surface area contributed by atoms with Crippen molar-refractivity contribution < 1.29 is 19.5 Å². The average molecular weight is 297 g/mol. The van der Waals surface area contributed by atoms with Crippen molar-refractivity contribution >= 4 is 11.5 Å². The first kappa shape index (κ1) is 14.1. The zero-order valence-electron chi connectivity index (χ0n) is 12.1. The summed E-state index contributed by atoms with van der Waals surface area (Å²) in [5.74, 6) is 0.782. The predicted molar refractivity (Wildman–Crippen MR) is 81.0 cm³/mol. The average Bonchev–Trinajstić information content (AvgIpc) is 2.88. The minimum atomic E-state index is -0.273. The van der Waals surface area contributed by atoms with Gasteiger partial charge in [0.15, 0.2) is 11.5 Å². The van der Waals surface area contributed by atoms with Gasteiger partial charge in [-0.3, -0.25) is 4.79 Å². The lowest BCUT2D eigenvalue weighted by atomic mass is 10.1. The molecule has 0 heterocycles. The van der Waals surface area contributed by atoms with Crippen LogP contribution in [-0.4, -0.2) is 23.8 Å². The molecule has 0 spiro atoms. The number of fused-ring (bicyclic) bond motifs is 1. The highest BCUT2D eigenvalue weighted by molar-refractivity contribution is 6.49. The zero-order chi connectivity index (χ0) is 15.5. The number of Topliss-reactive ketones (excluding diaryl/α,β-unsaturated/α-hetero) is 1. The van der Waals surface area contributed by atoms with Crippen LogP contribution in [0.25, 0.3) is 0 Å². The lowest BCUT2D eigenvalue weighted by molar-refractivity contribution is 0.106. The second kappa shape index (κ2) is 5.89. The van der Waals surface area contributed by atoms with Gasteiger partial charge in [0.1, 0.15) is 12.3 Å². The first-order valence-corrected chi connectivity index (χ1v) is 6.86. The van der Waals surface area contributed by atoms with Crippen LogP contribution in [0.3, 0.4) is 0 Å². The molecule has 1 aliphatic carbocycles. The van der Waals surface area contributed by atoms with E-state index in [1.807, 2.05) is 30.3 Å². The summed E-state index contributed by atoms with van der Waals surface area (Å²) < 4.78 is 11.1. The molecule has 2 aromatic carbocycles. The molecule has 22 heavy (non-hydrogen) atoms. The van der Waals surface area contributed by atoms with Gasteiger partial charge in [-0.1, -0.05) is 35.5 Å². The van der Waals surface area contributed by atoms with Crippen LogP contribution in [0, 0.1) is 0 Å². The smallest absolute Gasteiger partial charge is 0.211 e. The van der Waals surface area contributed by atoms with Gasteiger partial charge in [-0.05, 0) is 23.3 Å². The summed E-state index contributed by atoms with van der Waals surface area (Å²) in [7, 11) is 1.53. The van der Waals surface area contributed by atoms with Crippen molar-refractivity contribution in [2.45, 2.75) is 13.0 Å². The summed E-state index contributed by atoms with van der Waals surface area (Å²) in [6, 6.07) is 13.2. The standard InChI is InChI=1S/C17H15NO4/c1-21-15-9-13-12(7-14(18-20)17(13)19)8-16(15)22-10-11-5-3-2-4-6-11/h2-6,8-9,20H,7,10H2,1H3. The normalized spacial score (nSPS) is 15.0. The predicted octanol–water partition coefficient (Wildman–Crippen LogP) is 2.84. The molecular formula is C17H15NO4. The number of ketones is 1. The molecule has 0 saturated heterocycles. The second-order valence-electron chi connectivity index (χ2n) is 4.99. The minimum absolute atomic E-state index is 0.136. The fourth-order valence-electron chi connectivity index (χ4n) is 2.46. The molecule has 3 rings (SSSR count). The molecule has 0 fully saturated rings. The maximum absolute atomic E-state index is 12.0. The summed E-state index contributed by atoms with van der Waals surface area (Å²) in [6.07, 6.45) is 0.302. The Labute approximate surface area is 127 Å². The SMILES string of the molecule is COc1cc2c(cc1OCc1ccccc1)CC(=NO)C2=O. The van der Waals surface area contributed by atoms with Gasteiger partial charge in [-0.15, -0.1) is 0 Å². The molecule has 5 nitrogen and oxygen atoms in total. The molecule has 0 radical (unpaired) electrons.